The molecule has 0 saturated heterocycles. The fourth-order valence-electron chi connectivity index (χ4n) is 1.43. The molecule has 0 bridgehead atoms. The summed E-state index contributed by atoms with van der Waals surface area (Å²) >= 11 is 0. The number of hydrogen-bond acceptors (Lipinski definition) is 3. The summed E-state index contributed by atoms with van der Waals surface area (Å²) in [5.41, 5.74) is 5.96. The summed E-state index contributed by atoms with van der Waals surface area (Å²) in [4.78, 5) is 0. The van der Waals surface area contributed by atoms with Gasteiger partial charge in [0, 0.05) is 11.6 Å². The minimum absolute atomic E-state index is 0.176. The second-order valence-electron chi connectivity index (χ2n) is 4.81. The van der Waals surface area contributed by atoms with Gasteiger partial charge in [-0.1, -0.05) is 20.8 Å². The third-order valence-corrected chi connectivity index (χ3v) is 2.53. The molecule has 0 unspecified atom stereocenters. The Morgan fingerprint density at radius 1 is 1.44 bits per heavy atom. The SMILES string of the molecule is CC(C)(C)[C@@H](N)c1c(C#N)ccc(F)c1O. The van der Waals surface area contributed by atoms with Gasteiger partial charge in [0.25, 0.3) is 0 Å². The van der Waals surface area contributed by atoms with Crippen molar-refractivity contribution in [2.45, 2.75) is 26.8 Å². The Balaban J connectivity index is 3.43. The number of nitrogens with two attached hydrogens (primary N) is 1. The lowest BCUT2D eigenvalue weighted by molar-refractivity contribution is 0.313. The number of benzene rings is 1. The highest BCUT2D eigenvalue weighted by Crippen LogP contribution is 2.38. The van der Waals surface area contributed by atoms with E-state index in [1.54, 1.807) is 0 Å². The van der Waals surface area contributed by atoms with Crippen molar-refractivity contribution < 1.29 is 9.50 Å². The number of nitriles is 1. The third-order valence-electron chi connectivity index (χ3n) is 2.53. The predicted molar refractivity (Wildman–Crippen MR) is 59.2 cm³/mol. The second kappa shape index (κ2) is 4.11. The first-order chi connectivity index (χ1) is 7.29. The van der Waals surface area contributed by atoms with Crippen LogP contribution < -0.4 is 5.73 Å². The van der Waals surface area contributed by atoms with Crippen LogP contribution >= 0.6 is 0 Å². The van der Waals surface area contributed by atoms with E-state index in [9.17, 15) is 9.50 Å². The quantitative estimate of drug-likeness (QED) is 0.766. The first-order valence-electron chi connectivity index (χ1n) is 4.96. The highest BCUT2D eigenvalue weighted by molar-refractivity contribution is 5.49. The zero-order chi connectivity index (χ0) is 12.5. The maximum absolute atomic E-state index is 13.2. The maximum atomic E-state index is 13.2. The normalized spacial score (nSPS) is 13.2. The predicted octanol–water partition coefficient (Wildman–Crippen LogP) is 2.45. The number of phenolic OH excluding ortho intramolecular Hbond substituents is 1. The highest BCUT2D eigenvalue weighted by Gasteiger charge is 2.28. The van der Waals surface area contributed by atoms with Gasteiger partial charge in [0.2, 0.25) is 0 Å². The molecule has 3 nitrogen and oxygen atoms in total. The van der Waals surface area contributed by atoms with Crippen LogP contribution in [0.2, 0.25) is 0 Å². The zero-order valence-electron chi connectivity index (χ0n) is 9.58. The van der Waals surface area contributed by atoms with Crippen LogP contribution in [0, 0.1) is 22.6 Å². The van der Waals surface area contributed by atoms with E-state index in [4.69, 9.17) is 11.0 Å². The molecule has 1 aromatic rings. The van der Waals surface area contributed by atoms with Crippen LogP contribution in [0.3, 0.4) is 0 Å². The van der Waals surface area contributed by atoms with Gasteiger partial charge in [-0.25, -0.2) is 4.39 Å². The molecule has 0 fully saturated rings. The highest BCUT2D eigenvalue weighted by atomic mass is 19.1. The van der Waals surface area contributed by atoms with Gasteiger partial charge < -0.3 is 10.8 Å². The van der Waals surface area contributed by atoms with Gasteiger partial charge >= 0.3 is 0 Å². The van der Waals surface area contributed by atoms with E-state index in [1.807, 2.05) is 26.8 Å². The van der Waals surface area contributed by atoms with Crippen molar-refractivity contribution >= 4 is 0 Å². The van der Waals surface area contributed by atoms with Crippen molar-refractivity contribution in [3.8, 4) is 11.8 Å². The summed E-state index contributed by atoms with van der Waals surface area (Å²) in [6.07, 6.45) is 0. The first-order valence-corrected chi connectivity index (χ1v) is 4.96. The molecule has 0 aliphatic carbocycles. The molecule has 86 valence electrons. The molecule has 0 heterocycles. The Hall–Kier alpha value is -1.60. The third kappa shape index (κ3) is 2.15. The van der Waals surface area contributed by atoms with E-state index >= 15 is 0 Å². The van der Waals surface area contributed by atoms with Crippen molar-refractivity contribution in [3.63, 3.8) is 0 Å². The summed E-state index contributed by atoms with van der Waals surface area (Å²) in [6.45, 7) is 5.59. The van der Waals surface area contributed by atoms with Gasteiger partial charge in [0.05, 0.1) is 11.6 Å². The van der Waals surface area contributed by atoms with Gasteiger partial charge in [-0.2, -0.15) is 5.26 Å². The summed E-state index contributed by atoms with van der Waals surface area (Å²) in [7, 11) is 0. The van der Waals surface area contributed by atoms with Crippen LogP contribution in [0.5, 0.6) is 5.75 Å². The molecule has 0 amide bonds. The van der Waals surface area contributed by atoms with Gasteiger partial charge in [-0.05, 0) is 17.5 Å². The van der Waals surface area contributed by atoms with Crippen LogP contribution in [0.4, 0.5) is 4.39 Å². The summed E-state index contributed by atoms with van der Waals surface area (Å²) in [5, 5.41) is 18.5. The molecule has 16 heavy (non-hydrogen) atoms. The average molecular weight is 222 g/mol. The smallest absolute Gasteiger partial charge is 0.165 e. The van der Waals surface area contributed by atoms with Crippen LogP contribution in [-0.4, -0.2) is 5.11 Å². The van der Waals surface area contributed by atoms with Crippen molar-refractivity contribution in [1.29, 1.82) is 5.26 Å². The van der Waals surface area contributed by atoms with E-state index in [2.05, 4.69) is 0 Å². The van der Waals surface area contributed by atoms with E-state index < -0.39 is 17.6 Å². The Morgan fingerprint density at radius 3 is 2.44 bits per heavy atom. The lowest BCUT2D eigenvalue weighted by Crippen LogP contribution is -2.27. The molecule has 0 aromatic heterocycles. The monoisotopic (exact) mass is 222 g/mol. The van der Waals surface area contributed by atoms with Crippen LogP contribution in [-0.2, 0) is 0 Å². The molecule has 0 aliphatic rings. The maximum Gasteiger partial charge on any atom is 0.165 e. The number of rotatable bonds is 1. The minimum Gasteiger partial charge on any atom is -0.505 e. The molecule has 4 heteroatoms. The topological polar surface area (TPSA) is 70.0 Å². The van der Waals surface area contributed by atoms with Crippen molar-refractivity contribution in [1.82, 2.24) is 0 Å². The second-order valence-corrected chi connectivity index (χ2v) is 4.81. The molecule has 3 N–H and O–H groups in total. The van der Waals surface area contributed by atoms with Gasteiger partial charge in [-0.3, -0.25) is 0 Å². The molecule has 0 spiro atoms. The molecule has 0 radical (unpaired) electrons. The average Bonchev–Trinajstić information content (AvgIpc) is 2.19. The minimum atomic E-state index is -0.756. The summed E-state index contributed by atoms with van der Waals surface area (Å²) in [5.74, 6) is -1.28. The Labute approximate surface area is 94.3 Å². The first kappa shape index (κ1) is 12.5. The van der Waals surface area contributed by atoms with Crippen molar-refractivity contribution in [2.24, 2.45) is 11.1 Å². The molecule has 0 saturated carbocycles. The van der Waals surface area contributed by atoms with E-state index in [0.717, 1.165) is 6.07 Å². The van der Waals surface area contributed by atoms with E-state index in [-0.39, 0.29) is 16.5 Å². The molecule has 1 atom stereocenters. The number of nitrogens with zero attached hydrogens (tertiary/aromatic N) is 1. The van der Waals surface area contributed by atoms with E-state index in [1.165, 1.54) is 6.07 Å². The Morgan fingerprint density at radius 2 is 2.00 bits per heavy atom. The van der Waals surface area contributed by atoms with Crippen LogP contribution in [0.25, 0.3) is 0 Å². The fourth-order valence-corrected chi connectivity index (χ4v) is 1.43. The molecular weight excluding hydrogens is 207 g/mol. The zero-order valence-corrected chi connectivity index (χ0v) is 9.58. The number of halogens is 1. The van der Waals surface area contributed by atoms with Gasteiger partial charge in [0.1, 0.15) is 0 Å². The Bertz CT molecular complexity index is 444. The van der Waals surface area contributed by atoms with Gasteiger partial charge in [0.15, 0.2) is 11.6 Å². The standard InChI is InChI=1S/C12H15FN2O/c1-12(2,3)11(15)9-7(6-14)4-5-8(13)10(9)16/h4-5,11,16H,15H2,1-3H3/t11-/m0/s1. The van der Waals surface area contributed by atoms with Crippen LogP contribution in [0.15, 0.2) is 12.1 Å². The molecule has 1 rings (SSSR count). The van der Waals surface area contributed by atoms with Gasteiger partial charge in [-0.15, -0.1) is 0 Å². The lowest BCUT2D eigenvalue weighted by atomic mass is 9.81. The van der Waals surface area contributed by atoms with E-state index in [0.29, 0.717) is 0 Å². The number of hydrogen-bond donors (Lipinski definition) is 2. The lowest BCUT2D eigenvalue weighted by Gasteiger charge is -2.28. The molecule has 0 aliphatic heterocycles. The number of phenols is 1. The molecular formula is C12H15FN2O. The largest absolute Gasteiger partial charge is 0.505 e. The summed E-state index contributed by atoms with van der Waals surface area (Å²) in [6, 6.07) is 3.70. The van der Waals surface area contributed by atoms with Crippen molar-refractivity contribution in [2.75, 3.05) is 0 Å². The summed E-state index contributed by atoms with van der Waals surface area (Å²) < 4.78 is 13.2. The number of aromatic hydroxyl groups is 1. The fraction of sp³-hybridized carbons (Fsp3) is 0.417. The molecule has 1 aromatic carbocycles. The van der Waals surface area contributed by atoms with Crippen LogP contribution in [0.1, 0.15) is 37.9 Å². The Kier molecular flexibility index (Phi) is 3.20. The van der Waals surface area contributed by atoms with Crippen molar-refractivity contribution in [3.05, 3.63) is 29.1 Å².